The molecule has 2 rings (SSSR count). The Morgan fingerprint density at radius 3 is 2.61 bits per heavy atom. The van der Waals surface area contributed by atoms with Gasteiger partial charge in [-0.25, -0.2) is 14.4 Å². The molecule has 0 saturated carbocycles. The third kappa shape index (κ3) is 4.65. The van der Waals surface area contributed by atoms with E-state index in [9.17, 15) is 19.5 Å². The van der Waals surface area contributed by atoms with Crippen molar-refractivity contribution in [1.29, 1.82) is 0 Å². The highest BCUT2D eigenvalue weighted by Gasteiger charge is 2.50. The van der Waals surface area contributed by atoms with Gasteiger partial charge in [-0.3, -0.25) is 19.2 Å². The van der Waals surface area contributed by atoms with Gasteiger partial charge in [0.2, 0.25) is 0 Å². The van der Waals surface area contributed by atoms with Crippen molar-refractivity contribution in [3.8, 4) is 0 Å². The van der Waals surface area contributed by atoms with E-state index in [4.69, 9.17) is 20.6 Å². The predicted octanol–water partition coefficient (Wildman–Crippen LogP) is 2.66. The van der Waals surface area contributed by atoms with E-state index in [1.165, 1.54) is 0 Å². The summed E-state index contributed by atoms with van der Waals surface area (Å²) in [5.41, 5.74) is 0.668. The fraction of sp³-hybridized carbons (Fsp3) is 0.364. The summed E-state index contributed by atoms with van der Waals surface area (Å²) < 4.78 is 20.1. The maximum atomic E-state index is 12.1. The first-order valence-electron chi connectivity index (χ1n) is 6.26. The lowest BCUT2D eigenvalue weighted by Gasteiger charge is -2.29. The molecule has 9 nitrogen and oxygen atoms in total. The Bertz CT molecular complexity index is 663. The Hall–Kier alpha value is -1.19. The quantitative estimate of drug-likeness (QED) is 0.250. The maximum absolute atomic E-state index is 12.1. The van der Waals surface area contributed by atoms with Gasteiger partial charge in [-0.15, -0.1) is 0 Å². The van der Waals surface area contributed by atoms with E-state index in [0.717, 1.165) is 0 Å². The number of amides is 2. The van der Waals surface area contributed by atoms with Gasteiger partial charge in [0, 0.05) is 32.4 Å². The summed E-state index contributed by atoms with van der Waals surface area (Å²) in [5.74, 6) is 0. The molecule has 126 valence electrons. The lowest BCUT2D eigenvalue weighted by Crippen LogP contribution is -2.46. The zero-order valence-corrected chi connectivity index (χ0v) is 14.8. The van der Waals surface area contributed by atoms with Gasteiger partial charge in [0.1, 0.15) is 13.2 Å². The Labute approximate surface area is 144 Å². The van der Waals surface area contributed by atoms with E-state index in [2.05, 4.69) is 21.2 Å². The second-order valence-corrected chi connectivity index (χ2v) is 8.22. The summed E-state index contributed by atoms with van der Waals surface area (Å²) >= 11 is 8.78. The van der Waals surface area contributed by atoms with Crippen molar-refractivity contribution in [2.45, 2.75) is 11.0 Å². The van der Waals surface area contributed by atoms with Crippen LogP contribution in [0.25, 0.3) is 0 Å². The number of urea groups is 1. The molecule has 1 saturated heterocycles. The minimum absolute atomic E-state index is 0.1000. The van der Waals surface area contributed by atoms with E-state index in [1.54, 1.807) is 24.3 Å². The van der Waals surface area contributed by atoms with Crippen molar-refractivity contribution in [3.63, 3.8) is 0 Å². The molecule has 1 aromatic carbocycles. The van der Waals surface area contributed by atoms with Gasteiger partial charge in [-0.1, -0.05) is 29.8 Å². The van der Waals surface area contributed by atoms with Crippen molar-refractivity contribution in [2.75, 3.05) is 13.2 Å². The zero-order chi connectivity index (χ0) is 17.1. The number of carbonyl (C=O) groups is 1. The molecule has 0 unspecified atom stereocenters. The predicted molar refractivity (Wildman–Crippen MR) is 85.0 cm³/mol. The molecule has 0 spiro atoms. The molecule has 0 bridgehead atoms. The zero-order valence-electron chi connectivity index (χ0n) is 11.5. The fourth-order valence-corrected chi connectivity index (χ4v) is 3.68. The molecule has 1 fully saturated rings. The smallest absolute Gasteiger partial charge is 0.334 e. The summed E-state index contributed by atoms with van der Waals surface area (Å²) in [5, 5.41) is 15.7. The summed E-state index contributed by atoms with van der Waals surface area (Å²) in [6, 6.07) is 6.07. The first-order valence-corrected chi connectivity index (χ1v) is 8.97. The van der Waals surface area contributed by atoms with Crippen LogP contribution >= 0.6 is 35.3 Å². The SMILES string of the molecule is O=C(NCc1ccccc1Cl)NP1(=O)OCC(Br)([N+](=O)[O-])CO1. The van der Waals surface area contributed by atoms with E-state index in [-0.39, 0.29) is 6.54 Å². The minimum Gasteiger partial charge on any atom is -0.334 e. The van der Waals surface area contributed by atoms with Crippen LogP contribution in [0.2, 0.25) is 5.02 Å². The van der Waals surface area contributed by atoms with Crippen LogP contribution in [0.5, 0.6) is 0 Å². The van der Waals surface area contributed by atoms with Crippen LogP contribution in [0.15, 0.2) is 24.3 Å². The topological polar surface area (TPSA) is 120 Å². The number of nitrogens with zero attached hydrogens (tertiary/aromatic N) is 1. The highest BCUT2D eigenvalue weighted by molar-refractivity contribution is 9.10. The van der Waals surface area contributed by atoms with E-state index < -0.39 is 36.4 Å². The first kappa shape index (κ1) is 18.2. The van der Waals surface area contributed by atoms with Crippen molar-refractivity contribution in [1.82, 2.24) is 10.4 Å². The van der Waals surface area contributed by atoms with Crippen molar-refractivity contribution in [3.05, 3.63) is 45.0 Å². The lowest BCUT2D eigenvalue weighted by molar-refractivity contribution is -0.542. The summed E-state index contributed by atoms with van der Waals surface area (Å²) in [6.07, 6.45) is 0. The molecule has 12 heteroatoms. The van der Waals surface area contributed by atoms with E-state index in [0.29, 0.717) is 10.6 Å². The molecule has 2 amide bonds. The first-order chi connectivity index (χ1) is 10.7. The molecule has 0 aliphatic carbocycles. The highest BCUT2D eigenvalue weighted by atomic mass is 79.9. The number of rotatable bonds is 4. The molecule has 0 atom stereocenters. The molecular weight excluding hydrogens is 416 g/mol. The number of benzene rings is 1. The number of hydrogen-bond donors (Lipinski definition) is 2. The van der Waals surface area contributed by atoms with Gasteiger partial charge in [0.05, 0.1) is 0 Å². The Morgan fingerprint density at radius 2 is 2.04 bits per heavy atom. The molecule has 1 heterocycles. The molecule has 23 heavy (non-hydrogen) atoms. The standard InChI is InChI=1S/C11H12BrClN3O6P/c12-11(16(18)19)6-21-23(20,22-7-11)15-10(17)14-5-8-3-1-2-4-9(8)13/h1-4H,5-7H2,(H2,14,15,17,20). The average molecular weight is 429 g/mol. The number of nitrogens with one attached hydrogen (secondary N) is 2. The van der Waals surface area contributed by atoms with Gasteiger partial charge in [-0.05, 0) is 11.6 Å². The van der Waals surface area contributed by atoms with Crippen LogP contribution in [-0.4, -0.2) is 28.6 Å². The molecule has 2 N–H and O–H groups in total. The molecular formula is C11H12BrClN3O6P. The molecule has 1 aromatic rings. The third-order valence-corrected chi connectivity index (χ3v) is 5.41. The third-order valence-electron chi connectivity index (χ3n) is 2.87. The van der Waals surface area contributed by atoms with Crippen LogP contribution in [0, 0.1) is 10.1 Å². The number of hydrogen-bond acceptors (Lipinski definition) is 6. The second kappa shape index (κ2) is 7.14. The van der Waals surface area contributed by atoms with Gasteiger partial charge in [0.15, 0.2) is 0 Å². The average Bonchev–Trinajstić information content (AvgIpc) is 2.50. The normalized spacial score (nSPS) is 27.2. The van der Waals surface area contributed by atoms with Crippen LogP contribution in [0.4, 0.5) is 4.79 Å². The molecule has 1 aliphatic rings. The van der Waals surface area contributed by atoms with Gasteiger partial charge >= 0.3 is 18.2 Å². The van der Waals surface area contributed by atoms with Crippen molar-refractivity contribution in [2.24, 2.45) is 0 Å². The number of nitro groups is 1. The lowest BCUT2D eigenvalue weighted by atomic mass is 10.2. The molecule has 1 aliphatic heterocycles. The van der Waals surface area contributed by atoms with E-state index >= 15 is 0 Å². The van der Waals surface area contributed by atoms with Gasteiger partial charge in [0.25, 0.3) is 0 Å². The van der Waals surface area contributed by atoms with Crippen LogP contribution in [0.1, 0.15) is 5.56 Å². The Morgan fingerprint density at radius 1 is 1.43 bits per heavy atom. The number of carbonyl (C=O) groups excluding carboxylic acids is 1. The summed E-state index contributed by atoms with van der Waals surface area (Å²) in [6.45, 7) is -0.924. The van der Waals surface area contributed by atoms with E-state index in [1.807, 2.05) is 5.09 Å². The Kier molecular flexibility index (Phi) is 5.64. The van der Waals surface area contributed by atoms with Gasteiger partial charge in [-0.2, -0.15) is 0 Å². The minimum atomic E-state index is -3.95. The monoisotopic (exact) mass is 427 g/mol. The molecule has 0 aromatic heterocycles. The maximum Gasteiger partial charge on any atom is 0.436 e. The van der Waals surface area contributed by atoms with Crippen LogP contribution in [-0.2, 0) is 20.2 Å². The van der Waals surface area contributed by atoms with Crippen LogP contribution in [0.3, 0.4) is 0 Å². The summed E-state index contributed by atoms with van der Waals surface area (Å²) in [4.78, 5) is 21.9. The second-order valence-electron chi connectivity index (χ2n) is 4.61. The number of halogens is 2. The largest absolute Gasteiger partial charge is 0.436 e. The number of alkyl halides is 1. The van der Waals surface area contributed by atoms with Crippen molar-refractivity contribution < 1.29 is 23.3 Å². The van der Waals surface area contributed by atoms with Gasteiger partial charge < -0.3 is 5.32 Å². The Balaban J connectivity index is 1.87. The fourth-order valence-electron chi connectivity index (χ4n) is 1.60. The van der Waals surface area contributed by atoms with Crippen LogP contribution < -0.4 is 10.4 Å². The van der Waals surface area contributed by atoms with Crippen molar-refractivity contribution >= 4 is 41.3 Å². The molecule has 0 radical (unpaired) electrons. The highest BCUT2D eigenvalue weighted by Crippen LogP contribution is 2.49. The summed E-state index contributed by atoms with van der Waals surface area (Å²) in [7, 11) is -3.95.